The molecule has 0 aliphatic heterocycles. The summed E-state index contributed by atoms with van der Waals surface area (Å²) in [4.78, 5) is 14.7. The predicted octanol–water partition coefficient (Wildman–Crippen LogP) is 2.24. The van der Waals surface area contributed by atoms with Crippen LogP contribution in [0, 0.1) is 0 Å². The maximum absolute atomic E-state index is 12.8. The lowest BCUT2D eigenvalue weighted by Crippen LogP contribution is -2.32. The molecule has 1 aromatic heterocycles. The van der Waals surface area contributed by atoms with Gasteiger partial charge in [-0.1, -0.05) is 0 Å². The summed E-state index contributed by atoms with van der Waals surface area (Å²) >= 11 is 0. The normalized spacial score (nSPS) is 13.7. The lowest BCUT2D eigenvalue weighted by atomic mass is 10.1. The van der Waals surface area contributed by atoms with Crippen molar-refractivity contribution >= 4 is 5.91 Å². The van der Waals surface area contributed by atoms with Crippen LogP contribution in [-0.4, -0.2) is 40.8 Å². The van der Waals surface area contributed by atoms with Crippen molar-refractivity contribution in [2.45, 2.75) is 25.4 Å². The van der Waals surface area contributed by atoms with Crippen LogP contribution in [0.2, 0.25) is 0 Å². The van der Waals surface area contributed by atoms with Crippen LogP contribution >= 0.6 is 0 Å². The van der Waals surface area contributed by atoms with Gasteiger partial charge in [0.2, 0.25) is 0 Å². The van der Waals surface area contributed by atoms with Gasteiger partial charge < -0.3 is 14.4 Å². The highest BCUT2D eigenvalue weighted by Gasteiger charge is 2.34. The monoisotopic (exact) mass is 315 g/mol. The second-order valence-corrected chi connectivity index (χ2v) is 5.74. The van der Waals surface area contributed by atoms with Crippen LogP contribution < -0.4 is 9.47 Å². The molecule has 0 atom stereocenters. The average molecular weight is 315 g/mol. The van der Waals surface area contributed by atoms with E-state index in [1.807, 2.05) is 30.1 Å². The maximum Gasteiger partial charge on any atom is 0.257 e. The van der Waals surface area contributed by atoms with E-state index in [9.17, 15) is 4.79 Å². The summed E-state index contributed by atoms with van der Waals surface area (Å²) in [6, 6.07) is 5.93. The van der Waals surface area contributed by atoms with Crippen LogP contribution in [0.15, 0.2) is 30.6 Å². The highest BCUT2D eigenvalue weighted by molar-refractivity contribution is 5.94. The largest absolute Gasteiger partial charge is 0.497 e. The Morgan fingerprint density at radius 1 is 1.35 bits per heavy atom. The molecule has 1 amide bonds. The molecule has 3 rings (SSSR count). The molecule has 0 N–H and O–H groups in total. The molecule has 1 aliphatic rings. The van der Waals surface area contributed by atoms with Gasteiger partial charge in [0, 0.05) is 24.8 Å². The minimum Gasteiger partial charge on any atom is -0.497 e. The molecule has 2 aromatic rings. The van der Waals surface area contributed by atoms with Crippen molar-refractivity contribution in [2.24, 2.45) is 7.05 Å². The quantitative estimate of drug-likeness (QED) is 0.820. The topological polar surface area (TPSA) is 56.6 Å². The number of nitrogens with zero attached hydrogens (tertiary/aromatic N) is 3. The summed E-state index contributed by atoms with van der Waals surface area (Å²) < 4.78 is 12.4. The summed E-state index contributed by atoms with van der Waals surface area (Å²) in [6.45, 7) is 0.499. The van der Waals surface area contributed by atoms with Crippen molar-refractivity contribution in [2.75, 3.05) is 14.2 Å². The lowest BCUT2D eigenvalue weighted by Gasteiger charge is -2.23. The third kappa shape index (κ3) is 3.31. The Kier molecular flexibility index (Phi) is 4.23. The molecule has 23 heavy (non-hydrogen) atoms. The fourth-order valence-electron chi connectivity index (χ4n) is 2.64. The number of hydrogen-bond donors (Lipinski definition) is 0. The zero-order chi connectivity index (χ0) is 16.4. The van der Waals surface area contributed by atoms with Gasteiger partial charge >= 0.3 is 0 Å². The molecule has 0 bridgehead atoms. The van der Waals surface area contributed by atoms with Gasteiger partial charge in [0.25, 0.3) is 5.91 Å². The van der Waals surface area contributed by atoms with Crippen molar-refractivity contribution in [1.82, 2.24) is 14.7 Å². The summed E-state index contributed by atoms with van der Waals surface area (Å²) in [5.74, 6) is 1.52. The molecule has 1 saturated carbocycles. The molecule has 0 saturated heterocycles. The number of aryl methyl sites for hydroxylation is 1. The number of rotatable bonds is 6. The first-order chi connectivity index (χ1) is 11.1. The third-order valence-corrected chi connectivity index (χ3v) is 4.03. The van der Waals surface area contributed by atoms with E-state index in [0.29, 0.717) is 18.2 Å². The smallest absolute Gasteiger partial charge is 0.257 e. The summed E-state index contributed by atoms with van der Waals surface area (Å²) in [7, 11) is 5.07. The maximum atomic E-state index is 12.8. The molecule has 6 nitrogen and oxygen atoms in total. The fraction of sp³-hybridized carbons (Fsp3) is 0.412. The summed E-state index contributed by atoms with van der Waals surface area (Å²) in [5, 5.41) is 4.09. The molecular formula is C17H21N3O3. The zero-order valence-corrected chi connectivity index (χ0v) is 13.7. The number of carbonyl (C=O) groups excluding carboxylic acids is 1. The molecule has 1 aliphatic carbocycles. The molecule has 0 unspecified atom stereocenters. The van der Waals surface area contributed by atoms with Gasteiger partial charge in [-0.15, -0.1) is 0 Å². The Morgan fingerprint density at radius 3 is 2.70 bits per heavy atom. The van der Waals surface area contributed by atoms with E-state index in [4.69, 9.17) is 9.47 Å². The highest BCUT2D eigenvalue weighted by atomic mass is 16.5. The van der Waals surface area contributed by atoms with Crippen LogP contribution in [0.4, 0.5) is 0 Å². The average Bonchev–Trinajstić information content (AvgIpc) is 3.32. The number of aromatic nitrogens is 2. The first-order valence-corrected chi connectivity index (χ1v) is 7.63. The van der Waals surface area contributed by atoms with Crippen molar-refractivity contribution in [1.29, 1.82) is 0 Å². The Balaban J connectivity index is 1.87. The first kappa shape index (κ1) is 15.4. The molecule has 122 valence electrons. The van der Waals surface area contributed by atoms with Crippen molar-refractivity contribution < 1.29 is 14.3 Å². The SMILES string of the molecule is COc1ccc(OC)c(CN(C(=O)c2cnn(C)c2)C2CC2)c1. The van der Waals surface area contributed by atoms with Gasteiger partial charge in [-0.05, 0) is 31.0 Å². The van der Waals surface area contributed by atoms with Crippen LogP contribution in [0.3, 0.4) is 0 Å². The third-order valence-electron chi connectivity index (χ3n) is 4.03. The second-order valence-electron chi connectivity index (χ2n) is 5.74. The van der Waals surface area contributed by atoms with Crippen molar-refractivity contribution in [3.8, 4) is 11.5 Å². The number of methoxy groups -OCH3 is 2. The van der Waals surface area contributed by atoms with Crippen molar-refractivity contribution in [3.05, 3.63) is 41.7 Å². The molecule has 1 heterocycles. The Hall–Kier alpha value is -2.50. The van der Waals surface area contributed by atoms with Crippen LogP contribution in [-0.2, 0) is 13.6 Å². The number of ether oxygens (including phenoxy) is 2. The van der Waals surface area contributed by atoms with E-state index in [1.165, 1.54) is 0 Å². The minimum atomic E-state index is 0.00507. The Morgan fingerprint density at radius 2 is 2.13 bits per heavy atom. The minimum absolute atomic E-state index is 0.00507. The lowest BCUT2D eigenvalue weighted by molar-refractivity contribution is 0.0728. The van der Waals surface area contributed by atoms with E-state index >= 15 is 0 Å². The standard InChI is InChI=1S/C17H21N3O3/c1-19-10-13(9-18-19)17(21)20(14-4-5-14)11-12-8-15(22-2)6-7-16(12)23-3/h6-10,14H,4-5,11H2,1-3H3. The van der Waals surface area contributed by atoms with Crippen LogP contribution in [0.25, 0.3) is 0 Å². The van der Waals surface area contributed by atoms with Crippen molar-refractivity contribution in [3.63, 3.8) is 0 Å². The van der Waals surface area contributed by atoms with E-state index in [2.05, 4.69) is 5.10 Å². The highest BCUT2D eigenvalue weighted by Crippen LogP contribution is 2.33. The zero-order valence-electron chi connectivity index (χ0n) is 13.7. The second kappa shape index (κ2) is 6.32. The van der Waals surface area contributed by atoms with Gasteiger partial charge in [-0.2, -0.15) is 5.10 Å². The fourth-order valence-corrected chi connectivity index (χ4v) is 2.64. The first-order valence-electron chi connectivity index (χ1n) is 7.63. The Labute approximate surface area is 135 Å². The summed E-state index contributed by atoms with van der Waals surface area (Å²) in [5.41, 5.74) is 1.55. The van der Waals surface area contributed by atoms with Gasteiger partial charge in [0.15, 0.2) is 0 Å². The van der Waals surface area contributed by atoms with E-state index in [0.717, 1.165) is 29.9 Å². The Bertz CT molecular complexity index is 707. The van der Waals surface area contributed by atoms with E-state index in [1.54, 1.807) is 31.3 Å². The molecule has 1 aromatic carbocycles. The van der Waals surface area contributed by atoms with Gasteiger partial charge in [-0.25, -0.2) is 0 Å². The van der Waals surface area contributed by atoms with Gasteiger partial charge in [-0.3, -0.25) is 9.48 Å². The molecular weight excluding hydrogens is 294 g/mol. The van der Waals surface area contributed by atoms with Gasteiger partial charge in [0.05, 0.1) is 32.5 Å². The molecule has 0 spiro atoms. The van der Waals surface area contributed by atoms with Gasteiger partial charge in [0.1, 0.15) is 11.5 Å². The van der Waals surface area contributed by atoms with E-state index < -0.39 is 0 Å². The predicted molar refractivity (Wildman–Crippen MR) is 85.6 cm³/mol. The molecule has 0 radical (unpaired) electrons. The number of benzene rings is 1. The van der Waals surface area contributed by atoms with Crippen LogP contribution in [0.5, 0.6) is 11.5 Å². The number of carbonyl (C=O) groups is 1. The van der Waals surface area contributed by atoms with E-state index in [-0.39, 0.29) is 5.91 Å². The molecule has 6 heteroatoms. The number of amides is 1. The van der Waals surface area contributed by atoms with Crippen LogP contribution in [0.1, 0.15) is 28.8 Å². The summed E-state index contributed by atoms with van der Waals surface area (Å²) in [6.07, 6.45) is 5.44. The number of hydrogen-bond acceptors (Lipinski definition) is 4. The molecule has 1 fully saturated rings.